The van der Waals surface area contributed by atoms with Crippen LogP contribution in [-0.4, -0.2) is 37.9 Å². The van der Waals surface area contributed by atoms with Crippen molar-refractivity contribution < 1.29 is 4.79 Å². The van der Waals surface area contributed by atoms with Crippen LogP contribution in [0.1, 0.15) is 13.3 Å². The minimum atomic E-state index is -0.0443. The molecule has 6 nitrogen and oxygen atoms in total. The van der Waals surface area contributed by atoms with Crippen LogP contribution in [0.25, 0.3) is 11.4 Å². The van der Waals surface area contributed by atoms with E-state index in [0.29, 0.717) is 22.6 Å². The molecule has 0 radical (unpaired) electrons. The van der Waals surface area contributed by atoms with Crippen LogP contribution in [0.15, 0.2) is 53.4 Å². The van der Waals surface area contributed by atoms with Gasteiger partial charge in [0.1, 0.15) is 6.54 Å². The first-order valence-corrected chi connectivity index (χ1v) is 9.96. The molecule has 0 aliphatic carbocycles. The Morgan fingerprint density at radius 3 is 2.81 bits per heavy atom. The van der Waals surface area contributed by atoms with Gasteiger partial charge in [-0.05, 0) is 48.0 Å². The average molecular weight is 400 g/mol. The van der Waals surface area contributed by atoms with Crippen LogP contribution in [0.3, 0.4) is 0 Å². The summed E-state index contributed by atoms with van der Waals surface area (Å²) < 4.78 is 0. The number of para-hydroxylation sites is 1. The number of halogens is 1. The minimum Gasteiger partial charge on any atom is -0.310 e. The molecule has 2 heterocycles. The van der Waals surface area contributed by atoms with Crippen molar-refractivity contribution >= 4 is 35.0 Å². The smallest absolute Gasteiger partial charge is 0.250 e. The number of thioether (sulfide) groups is 1. The molecule has 0 saturated carbocycles. The van der Waals surface area contributed by atoms with E-state index in [1.807, 2.05) is 47.0 Å². The molecule has 0 fully saturated rings. The quantitative estimate of drug-likeness (QED) is 0.668. The molecule has 8 heteroatoms. The number of amides is 1. The van der Waals surface area contributed by atoms with Crippen LogP contribution in [0.2, 0.25) is 5.02 Å². The molecule has 2 aromatic carbocycles. The topological polar surface area (TPSA) is 63.9 Å². The molecule has 1 unspecified atom stereocenters. The normalized spacial score (nSPS) is 16.7. The summed E-state index contributed by atoms with van der Waals surface area (Å²) >= 11 is 7.72. The lowest BCUT2D eigenvalue weighted by molar-refractivity contribution is -0.119. The summed E-state index contributed by atoms with van der Waals surface area (Å²) in [6.45, 7) is 2.92. The molecule has 1 aliphatic rings. The van der Waals surface area contributed by atoms with E-state index in [1.165, 1.54) is 4.80 Å². The highest BCUT2D eigenvalue weighted by Gasteiger charge is 2.24. The number of anilines is 1. The zero-order chi connectivity index (χ0) is 18.8. The Hall–Kier alpha value is -2.38. The van der Waals surface area contributed by atoms with Gasteiger partial charge in [-0.2, -0.15) is 4.80 Å². The van der Waals surface area contributed by atoms with Crippen molar-refractivity contribution in [2.75, 3.05) is 11.4 Å². The summed E-state index contributed by atoms with van der Waals surface area (Å²) in [6.07, 6.45) is 0.936. The van der Waals surface area contributed by atoms with Crippen LogP contribution < -0.4 is 4.90 Å². The van der Waals surface area contributed by atoms with Crippen molar-refractivity contribution in [2.45, 2.75) is 30.0 Å². The molecule has 1 atom stereocenters. The zero-order valence-corrected chi connectivity index (χ0v) is 16.3. The molecule has 0 saturated heterocycles. The maximum atomic E-state index is 13.0. The summed E-state index contributed by atoms with van der Waals surface area (Å²) in [6, 6.07) is 15.2. The second-order valence-corrected chi connectivity index (χ2v) is 8.30. The molecule has 1 aliphatic heterocycles. The lowest BCUT2D eigenvalue weighted by atomic mass is 10.2. The summed E-state index contributed by atoms with van der Waals surface area (Å²) in [5.41, 5.74) is 1.76. The van der Waals surface area contributed by atoms with Crippen LogP contribution >= 0.6 is 23.4 Å². The van der Waals surface area contributed by atoms with E-state index in [0.717, 1.165) is 22.6 Å². The summed E-state index contributed by atoms with van der Waals surface area (Å²) in [7, 11) is 0. The largest absolute Gasteiger partial charge is 0.310 e. The Morgan fingerprint density at radius 1 is 1.22 bits per heavy atom. The first-order valence-electron chi connectivity index (χ1n) is 8.70. The minimum absolute atomic E-state index is 0.0443. The third kappa shape index (κ3) is 3.99. The van der Waals surface area contributed by atoms with Gasteiger partial charge in [0.15, 0.2) is 0 Å². The average Bonchev–Trinajstić information content (AvgIpc) is 3.04. The highest BCUT2D eigenvalue weighted by molar-refractivity contribution is 8.00. The van der Waals surface area contributed by atoms with Gasteiger partial charge in [0.25, 0.3) is 5.91 Å². The first kappa shape index (κ1) is 18.0. The van der Waals surface area contributed by atoms with Gasteiger partial charge in [-0.15, -0.1) is 22.0 Å². The molecule has 4 rings (SSSR count). The molecule has 138 valence electrons. The molecule has 1 aromatic heterocycles. The van der Waals surface area contributed by atoms with Crippen molar-refractivity contribution in [3.63, 3.8) is 0 Å². The van der Waals surface area contributed by atoms with Gasteiger partial charge < -0.3 is 4.90 Å². The lowest BCUT2D eigenvalue weighted by Gasteiger charge is -2.22. The fraction of sp³-hybridized carbons (Fsp3) is 0.263. The molecule has 0 spiro atoms. The number of nitrogens with zero attached hydrogens (tertiary/aromatic N) is 5. The van der Waals surface area contributed by atoms with Crippen molar-refractivity contribution in [3.8, 4) is 11.4 Å². The predicted molar refractivity (Wildman–Crippen MR) is 107 cm³/mol. The lowest BCUT2D eigenvalue weighted by Crippen LogP contribution is -2.35. The van der Waals surface area contributed by atoms with E-state index < -0.39 is 0 Å². The highest BCUT2D eigenvalue weighted by atomic mass is 35.5. The number of carbonyl (C=O) groups excluding carboxylic acids is 1. The van der Waals surface area contributed by atoms with Crippen molar-refractivity contribution in [2.24, 2.45) is 0 Å². The number of tetrazole rings is 1. The van der Waals surface area contributed by atoms with E-state index in [4.69, 9.17) is 11.6 Å². The summed E-state index contributed by atoms with van der Waals surface area (Å²) in [5, 5.41) is 13.5. The van der Waals surface area contributed by atoms with Crippen LogP contribution in [0.5, 0.6) is 0 Å². The Balaban J connectivity index is 1.53. The molecule has 1 amide bonds. The second-order valence-electron chi connectivity index (χ2n) is 6.38. The molecule has 3 aromatic rings. The number of rotatable bonds is 3. The maximum absolute atomic E-state index is 13.0. The highest BCUT2D eigenvalue weighted by Crippen LogP contribution is 2.37. The molecular formula is C19H18ClN5OS. The molecule has 0 bridgehead atoms. The van der Waals surface area contributed by atoms with Gasteiger partial charge in [0, 0.05) is 27.3 Å². The van der Waals surface area contributed by atoms with Crippen molar-refractivity contribution in [3.05, 3.63) is 53.6 Å². The van der Waals surface area contributed by atoms with E-state index in [-0.39, 0.29) is 12.5 Å². The van der Waals surface area contributed by atoms with Gasteiger partial charge in [0.2, 0.25) is 5.82 Å². The van der Waals surface area contributed by atoms with Crippen LogP contribution in [-0.2, 0) is 11.3 Å². The molecule has 0 N–H and O–H groups in total. The number of benzene rings is 2. The third-order valence-electron chi connectivity index (χ3n) is 4.38. The van der Waals surface area contributed by atoms with Gasteiger partial charge in [0.05, 0.1) is 5.69 Å². The SMILES string of the molecule is CC1CCN(C(=O)Cn2nnc(-c3ccc(Cl)cc3)n2)c2ccccc2S1. The Morgan fingerprint density at radius 2 is 2.00 bits per heavy atom. The van der Waals surface area contributed by atoms with Gasteiger partial charge in [-0.1, -0.05) is 30.7 Å². The number of fused-ring (bicyclic) bond motifs is 1. The van der Waals surface area contributed by atoms with E-state index in [1.54, 1.807) is 12.1 Å². The van der Waals surface area contributed by atoms with E-state index in [2.05, 4.69) is 28.4 Å². The van der Waals surface area contributed by atoms with Crippen molar-refractivity contribution in [1.29, 1.82) is 0 Å². The fourth-order valence-electron chi connectivity index (χ4n) is 2.98. The number of carbonyl (C=O) groups is 1. The van der Waals surface area contributed by atoms with E-state index in [9.17, 15) is 4.79 Å². The van der Waals surface area contributed by atoms with Gasteiger partial charge in [-0.3, -0.25) is 4.79 Å². The van der Waals surface area contributed by atoms with Gasteiger partial charge in [-0.25, -0.2) is 0 Å². The third-order valence-corrected chi connectivity index (χ3v) is 5.87. The Bertz CT molecular complexity index is 959. The Labute approximate surface area is 166 Å². The second kappa shape index (κ2) is 7.70. The number of hydrogen-bond donors (Lipinski definition) is 0. The van der Waals surface area contributed by atoms with E-state index >= 15 is 0 Å². The zero-order valence-electron chi connectivity index (χ0n) is 14.7. The molecular weight excluding hydrogens is 382 g/mol. The predicted octanol–water partition coefficient (Wildman–Crippen LogP) is 3.91. The molecule has 27 heavy (non-hydrogen) atoms. The monoisotopic (exact) mass is 399 g/mol. The van der Waals surface area contributed by atoms with Crippen molar-refractivity contribution in [1.82, 2.24) is 20.2 Å². The fourth-order valence-corrected chi connectivity index (χ4v) is 4.22. The summed E-state index contributed by atoms with van der Waals surface area (Å²) in [5.74, 6) is 0.428. The first-order chi connectivity index (χ1) is 13.1. The maximum Gasteiger partial charge on any atom is 0.250 e. The van der Waals surface area contributed by atoms with Crippen LogP contribution in [0, 0.1) is 0 Å². The van der Waals surface area contributed by atoms with Crippen LogP contribution in [0.4, 0.5) is 5.69 Å². The van der Waals surface area contributed by atoms with Gasteiger partial charge >= 0.3 is 0 Å². The Kier molecular flexibility index (Phi) is 5.13. The standard InChI is InChI=1S/C19H18ClN5OS/c1-13-10-11-24(16-4-2-3-5-17(16)27-13)18(26)12-25-22-19(21-23-25)14-6-8-15(20)9-7-14/h2-9,13H,10-12H2,1H3. The number of aromatic nitrogens is 4. The number of hydrogen-bond acceptors (Lipinski definition) is 5. The summed E-state index contributed by atoms with van der Waals surface area (Å²) in [4.78, 5) is 17.3.